The normalized spacial score (nSPS) is 12.1. The van der Waals surface area contributed by atoms with Crippen molar-refractivity contribution in [3.05, 3.63) is 36.8 Å². The monoisotopic (exact) mass is 249 g/mol. The fourth-order valence-corrected chi connectivity index (χ4v) is 1.42. The number of hydrogen-bond donors (Lipinski definition) is 2. The number of rotatable bonds is 9. The van der Waals surface area contributed by atoms with Crippen LogP contribution in [0.1, 0.15) is 19.8 Å². The Morgan fingerprint density at radius 2 is 2.17 bits per heavy atom. The first kappa shape index (κ1) is 14.5. The third-order valence-electron chi connectivity index (χ3n) is 2.57. The highest BCUT2D eigenvalue weighted by atomic mass is 16.5. The van der Waals surface area contributed by atoms with Crippen LogP contribution >= 0.6 is 0 Å². The molecule has 1 rings (SSSR count). The average molecular weight is 249 g/mol. The second-order valence-corrected chi connectivity index (χ2v) is 4.13. The van der Waals surface area contributed by atoms with E-state index in [1.165, 1.54) is 0 Å². The van der Waals surface area contributed by atoms with Gasteiger partial charge in [-0.25, -0.2) is 0 Å². The summed E-state index contributed by atoms with van der Waals surface area (Å²) in [6.07, 6.45) is 4.00. The molecule has 1 amide bonds. The van der Waals surface area contributed by atoms with Gasteiger partial charge >= 0.3 is 0 Å². The average Bonchev–Trinajstić information content (AvgIpc) is 2.38. The van der Waals surface area contributed by atoms with E-state index in [-0.39, 0.29) is 11.9 Å². The first-order valence-corrected chi connectivity index (χ1v) is 6.22. The van der Waals surface area contributed by atoms with Crippen molar-refractivity contribution in [3.63, 3.8) is 0 Å². The van der Waals surface area contributed by atoms with Crippen LogP contribution in [0.3, 0.4) is 0 Å². The minimum Gasteiger partial charge on any atom is -0.493 e. The number of carbonyl (C=O) groups excluding carboxylic acids is 1. The van der Waals surface area contributed by atoms with Crippen molar-refractivity contribution in [3.8, 4) is 5.75 Å². The number of benzene rings is 1. The molecule has 1 aromatic carbocycles. The minimum absolute atomic E-state index is 0.259. The zero-order chi connectivity index (χ0) is 13.2. The minimum atomic E-state index is -0.314. The lowest BCUT2D eigenvalue weighted by molar-refractivity contribution is -0.119. The van der Waals surface area contributed by atoms with Gasteiger partial charge in [0.1, 0.15) is 5.75 Å². The third-order valence-corrected chi connectivity index (χ3v) is 2.57. The molecule has 0 saturated carbocycles. The van der Waals surface area contributed by atoms with E-state index < -0.39 is 0 Å². The fraction of sp³-hybridized carbons (Fsp3) is 0.429. The lowest BCUT2D eigenvalue weighted by Crippen LogP contribution is -2.39. The van der Waals surface area contributed by atoms with Gasteiger partial charge in [-0.15, -0.1) is 0 Å². The number of hydrogen-bond acceptors (Lipinski definition) is 3. The SMILES string of the molecule is CC(NCCC[CH]COc1ccccc1)C(N)=O. The maximum atomic E-state index is 10.8. The van der Waals surface area contributed by atoms with E-state index in [0.717, 1.165) is 25.1 Å². The molecule has 1 atom stereocenters. The molecule has 4 heteroatoms. The molecule has 0 heterocycles. The van der Waals surface area contributed by atoms with Crippen molar-refractivity contribution >= 4 is 5.91 Å². The Hall–Kier alpha value is -1.55. The van der Waals surface area contributed by atoms with E-state index in [4.69, 9.17) is 10.5 Å². The first-order chi connectivity index (χ1) is 8.70. The number of unbranched alkanes of at least 4 members (excludes halogenated alkanes) is 2. The van der Waals surface area contributed by atoms with Crippen LogP contribution in [0.5, 0.6) is 5.75 Å². The summed E-state index contributed by atoms with van der Waals surface area (Å²) in [6, 6.07) is 9.47. The topological polar surface area (TPSA) is 64.3 Å². The van der Waals surface area contributed by atoms with Crippen LogP contribution in [0.4, 0.5) is 0 Å². The van der Waals surface area contributed by atoms with Gasteiger partial charge in [-0.1, -0.05) is 18.2 Å². The molecular weight excluding hydrogens is 228 g/mol. The molecule has 1 unspecified atom stereocenters. The zero-order valence-corrected chi connectivity index (χ0v) is 10.8. The summed E-state index contributed by atoms with van der Waals surface area (Å²) in [5, 5.41) is 3.06. The van der Waals surface area contributed by atoms with Crippen molar-refractivity contribution < 1.29 is 9.53 Å². The highest BCUT2D eigenvalue weighted by Gasteiger charge is 2.05. The Morgan fingerprint density at radius 1 is 1.44 bits per heavy atom. The second-order valence-electron chi connectivity index (χ2n) is 4.13. The molecule has 3 N–H and O–H groups in total. The van der Waals surface area contributed by atoms with Crippen molar-refractivity contribution in [2.45, 2.75) is 25.8 Å². The van der Waals surface area contributed by atoms with Crippen LogP contribution in [0.25, 0.3) is 0 Å². The van der Waals surface area contributed by atoms with Crippen LogP contribution in [0, 0.1) is 6.42 Å². The number of carbonyl (C=O) groups is 1. The van der Waals surface area contributed by atoms with Crippen molar-refractivity contribution in [2.24, 2.45) is 5.73 Å². The highest BCUT2D eigenvalue weighted by Crippen LogP contribution is 2.08. The summed E-state index contributed by atoms with van der Waals surface area (Å²) in [5.74, 6) is 0.570. The molecule has 1 aromatic rings. The second kappa shape index (κ2) is 8.53. The third kappa shape index (κ3) is 6.25. The van der Waals surface area contributed by atoms with Gasteiger partial charge in [0.15, 0.2) is 0 Å². The molecule has 0 fully saturated rings. The Balaban J connectivity index is 1.95. The molecule has 0 bridgehead atoms. The van der Waals surface area contributed by atoms with Crippen LogP contribution < -0.4 is 15.8 Å². The van der Waals surface area contributed by atoms with Gasteiger partial charge < -0.3 is 15.8 Å². The van der Waals surface area contributed by atoms with Gasteiger partial charge in [0.25, 0.3) is 0 Å². The molecule has 18 heavy (non-hydrogen) atoms. The Morgan fingerprint density at radius 3 is 2.83 bits per heavy atom. The predicted molar refractivity (Wildman–Crippen MR) is 72.1 cm³/mol. The summed E-state index contributed by atoms with van der Waals surface area (Å²) in [5.41, 5.74) is 5.13. The molecule has 0 aromatic heterocycles. The molecule has 99 valence electrons. The number of para-hydroxylation sites is 1. The van der Waals surface area contributed by atoms with Crippen LogP contribution in [0.2, 0.25) is 0 Å². The van der Waals surface area contributed by atoms with Gasteiger partial charge in [-0.3, -0.25) is 4.79 Å². The molecule has 0 aliphatic carbocycles. The molecule has 0 saturated heterocycles. The quantitative estimate of drug-likeness (QED) is 0.652. The maximum Gasteiger partial charge on any atom is 0.234 e. The molecule has 1 radical (unpaired) electrons. The maximum absolute atomic E-state index is 10.8. The number of nitrogens with two attached hydrogens (primary N) is 1. The van der Waals surface area contributed by atoms with Gasteiger partial charge in [-0.2, -0.15) is 0 Å². The highest BCUT2D eigenvalue weighted by molar-refractivity contribution is 5.79. The molecule has 0 aliphatic heterocycles. The zero-order valence-electron chi connectivity index (χ0n) is 10.8. The van der Waals surface area contributed by atoms with E-state index in [2.05, 4.69) is 11.7 Å². The van der Waals surface area contributed by atoms with Gasteiger partial charge in [0, 0.05) is 0 Å². The van der Waals surface area contributed by atoms with Crippen molar-refractivity contribution in [1.29, 1.82) is 0 Å². The Labute approximate surface area is 109 Å². The van der Waals surface area contributed by atoms with E-state index in [0.29, 0.717) is 6.61 Å². The lowest BCUT2D eigenvalue weighted by atomic mass is 10.2. The largest absolute Gasteiger partial charge is 0.493 e. The number of amides is 1. The van der Waals surface area contributed by atoms with E-state index in [9.17, 15) is 4.79 Å². The summed E-state index contributed by atoms with van der Waals surface area (Å²) in [7, 11) is 0. The molecule has 0 aliphatic rings. The van der Waals surface area contributed by atoms with Crippen LogP contribution in [-0.2, 0) is 4.79 Å². The summed E-state index contributed by atoms with van der Waals surface area (Å²) in [6.45, 7) is 3.16. The summed E-state index contributed by atoms with van der Waals surface area (Å²) < 4.78 is 5.52. The fourth-order valence-electron chi connectivity index (χ4n) is 1.42. The summed E-state index contributed by atoms with van der Waals surface area (Å²) in [4.78, 5) is 10.8. The van der Waals surface area contributed by atoms with E-state index in [1.807, 2.05) is 30.3 Å². The number of ether oxygens (including phenoxy) is 1. The predicted octanol–water partition coefficient (Wildman–Crippen LogP) is 1.51. The molecule has 4 nitrogen and oxygen atoms in total. The van der Waals surface area contributed by atoms with Crippen LogP contribution in [-0.4, -0.2) is 25.1 Å². The Kier molecular flexibility index (Phi) is 6.87. The lowest BCUT2D eigenvalue weighted by Gasteiger charge is -2.09. The Bertz CT molecular complexity index is 341. The smallest absolute Gasteiger partial charge is 0.234 e. The van der Waals surface area contributed by atoms with Crippen LogP contribution in [0.15, 0.2) is 30.3 Å². The summed E-state index contributed by atoms with van der Waals surface area (Å²) >= 11 is 0. The van der Waals surface area contributed by atoms with Crippen molar-refractivity contribution in [2.75, 3.05) is 13.2 Å². The van der Waals surface area contributed by atoms with E-state index in [1.54, 1.807) is 6.92 Å². The standard InChI is InChI=1S/C14H21N2O2/c1-12(14(15)17)16-10-6-3-7-11-18-13-8-4-2-5-9-13/h2,4-5,7-9,12,16H,3,6,10-11H2,1H3,(H2,15,17). The van der Waals surface area contributed by atoms with Crippen molar-refractivity contribution in [1.82, 2.24) is 5.32 Å². The first-order valence-electron chi connectivity index (χ1n) is 6.22. The number of nitrogens with one attached hydrogen (secondary N) is 1. The molecular formula is C14H21N2O2. The molecule has 0 spiro atoms. The van der Waals surface area contributed by atoms with Gasteiger partial charge in [-0.05, 0) is 44.9 Å². The van der Waals surface area contributed by atoms with E-state index >= 15 is 0 Å². The number of primary amides is 1. The van der Waals surface area contributed by atoms with Gasteiger partial charge in [0.05, 0.1) is 12.6 Å². The van der Waals surface area contributed by atoms with Gasteiger partial charge in [0.2, 0.25) is 5.91 Å².